The van der Waals surface area contributed by atoms with Crippen molar-refractivity contribution in [1.82, 2.24) is 5.32 Å². The zero-order chi connectivity index (χ0) is 52.1. The van der Waals surface area contributed by atoms with E-state index in [1.165, 1.54) is 0 Å². The van der Waals surface area contributed by atoms with Gasteiger partial charge in [-0.1, -0.05) is 61.5 Å². The van der Waals surface area contributed by atoms with Crippen molar-refractivity contribution in [2.45, 2.75) is 211 Å². The molecule has 19 heteroatoms. The smallest absolute Gasteiger partial charge is 0.416 e. The number of hydrogen-bond acceptors (Lipinski definition) is 10. The van der Waals surface area contributed by atoms with Crippen LogP contribution in [0, 0.1) is 41.4 Å². The number of hydrogen-bond donors (Lipinski definition) is 5. The maximum Gasteiger partial charge on any atom is 0.416 e. The lowest BCUT2D eigenvalue weighted by molar-refractivity contribution is -0.397. The number of carboxylic acid groups (broad SMARTS) is 1. The number of Topliss-reactive ketones (excluding diaryl/α,β-unsaturated/α-hetero) is 1. The number of thiocarbonyl (C=S) groups is 1. The highest BCUT2D eigenvalue weighted by atomic mass is 32.1. The number of ketones is 1. The highest BCUT2D eigenvalue weighted by molar-refractivity contribution is 7.80. The number of carbonyl (C=O) groups is 2. The molecule has 18 atom stereocenters. The minimum atomic E-state index is -5.09. The molecule has 0 bridgehead atoms. The van der Waals surface area contributed by atoms with Gasteiger partial charge in [0, 0.05) is 35.8 Å². The Bertz CT molecular complexity index is 2050. The Morgan fingerprint density at radius 1 is 0.857 bits per heavy atom. The molecule has 2 spiro atoms. The van der Waals surface area contributed by atoms with E-state index >= 15 is 0 Å². The molecule has 0 unspecified atom stereocenters. The van der Waals surface area contributed by atoms with Crippen molar-refractivity contribution in [2.24, 2.45) is 41.4 Å². The predicted octanol–water partition coefficient (Wildman–Crippen LogP) is 10.2. The monoisotopic (exact) mass is 1020 g/mol. The molecular formula is C51H74F6N2O10S. The lowest BCUT2D eigenvalue weighted by Crippen LogP contribution is -2.66. The van der Waals surface area contributed by atoms with Crippen LogP contribution in [0.3, 0.4) is 0 Å². The van der Waals surface area contributed by atoms with Gasteiger partial charge >= 0.3 is 18.3 Å². The summed E-state index contributed by atoms with van der Waals surface area (Å²) in [5.74, 6) is -7.52. The third kappa shape index (κ3) is 11.4. The molecule has 396 valence electrons. The zero-order valence-corrected chi connectivity index (χ0v) is 42.7. The minimum Gasteiger partial charge on any atom is -0.481 e. The van der Waals surface area contributed by atoms with Crippen LogP contribution in [0.4, 0.5) is 32.0 Å². The van der Waals surface area contributed by atoms with Gasteiger partial charge in [0.15, 0.2) is 16.7 Å². The fourth-order valence-electron chi connectivity index (χ4n) is 12.0. The van der Waals surface area contributed by atoms with Crippen molar-refractivity contribution in [3.05, 3.63) is 41.5 Å². The van der Waals surface area contributed by atoms with Gasteiger partial charge in [0.2, 0.25) is 0 Å². The summed E-state index contributed by atoms with van der Waals surface area (Å²) in [6.07, 6.45) is -6.12. The quantitative estimate of drug-likeness (QED) is 0.0680. The van der Waals surface area contributed by atoms with Gasteiger partial charge in [0.05, 0.1) is 64.9 Å². The molecule has 70 heavy (non-hydrogen) atoms. The van der Waals surface area contributed by atoms with E-state index in [0.717, 1.165) is 0 Å². The lowest BCUT2D eigenvalue weighted by Gasteiger charge is -2.55. The molecule has 12 nitrogen and oxygen atoms in total. The minimum absolute atomic E-state index is 0.0145. The first-order valence-corrected chi connectivity index (χ1v) is 25.5. The molecule has 5 aliphatic rings. The van der Waals surface area contributed by atoms with Gasteiger partial charge in [0.25, 0.3) is 0 Å². The number of rotatable bonds is 14. The number of halogens is 6. The Labute approximate surface area is 413 Å². The maximum atomic E-state index is 14.7. The van der Waals surface area contributed by atoms with E-state index in [-0.39, 0.29) is 41.1 Å². The Morgan fingerprint density at radius 2 is 1.49 bits per heavy atom. The van der Waals surface area contributed by atoms with Crippen LogP contribution in [0.5, 0.6) is 0 Å². The van der Waals surface area contributed by atoms with Crippen LogP contribution in [-0.2, 0) is 45.6 Å². The molecule has 0 saturated carbocycles. The number of aliphatic hydroxyl groups excluding tert-OH is 1. The molecule has 5 heterocycles. The summed E-state index contributed by atoms with van der Waals surface area (Å²) in [7, 11) is 0. The molecule has 4 fully saturated rings. The second-order valence-corrected chi connectivity index (χ2v) is 21.7. The predicted molar refractivity (Wildman–Crippen MR) is 252 cm³/mol. The van der Waals surface area contributed by atoms with Crippen molar-refractivity contribution in [2.75, 3.05) is 5.32 Å². The SMILES string of the molecule is CC[C@@H](C(=O)[C@@H](C)[C@@H](O)[C@H](C)[C@@H]1O[C@@H]([C@@H](CC)C(=O)O)CC[C@@H]1C)[C@H]1O[C@]2(C=C[C@@H](NC(=S)Nc3cc(C(F)(F)F)cc(C(F)(F)F)c3)[C@]3(CC[C@@](C)([C@H]4CC[C@](O)(CC)[C@H](C)O4)O3)O2)[C@H](C)C[C@@H]1C. The van der Waals surface area contributed by atoms with Crippen LogP contribution in [0.25, 0.3) is 0 Å². The fraction of sp³-hybridized carbons (Fsp3) is 0.784. The Kier molecular flexibility index (Phi) is 17.0. The van der Waals surface area contributed by atoms with Crippen LogP contribution in [0.15, 0.2) is 30.4 Å². The Hall–Kier alpha value is -2.91. The average molecular weight is 1020 g/mol. The van der Waals surface area contributed by atoms with Crippen molar-refractivity contribution < 1.29 is 74.9 Å². The molecule has 0 amide bonds. The van der Waals surface area contributed by atoms with Gasteiger partial charge in [-0.3, -0.25) is 9.59 Å². The van der Waals surface area contributed by atoms with E-state index in [0.29, 0.717) is 69.9 Å². The van der Waals surface area contributed by atoms with Crippen LogP contribution in [0.2, 0.25) is 0 Å². The molecule has 0 radical (unpaired) electrons. The van der Waals surface area contributed by atoms with Crippen LogP contribution in [0.1, 0.15) is 145 Å². The molecule has 0 aliphatic carbocycles. The molecule has 1 aromatic carbocycles. The molecule has 6 rings (SSSR count). The van der Waals surface area contributed by atoms with Gasteiger partial charge in [-0.2, -0.15) is 26.3 Å². The van der Waals surface area contributed by atoms with Gasteiger partial charge in [-0.25, -0.2) is 0 Å². The summed E-state index contributed by atoms with van der Waals surface area (Å²) < 4.78 is 117. The van der Waals surface area contributed by atoms with E-state index < -0.39 is 124 Å². The maximum absolute atomic E-state index is 14.7. The summed E-state index contributed by atoms with van der Waals surface area (Å²) in [4.78, 5) is 26.8. The highest BCUT2D eigenvalue weighted by Gasteiger charge is 2.63. The van der Waals surface area contributed by atoms with Crippen molar-refractivity contribution in [3.63, 3.8) is 0 Å². The Balaban J connectivity index is 1.29. The second kappa shape index (κ2) is 21.1. The van der Waals surface area contributed by atoms with Gasteiger partial charge in [0.1, 0.15) is 11.8 Å². The summed E-state index contributed by atoms with van der Waals surface area (Å²) >= 11 is 5.57. The number of alkyl halides is 6. The van der Waals surface area contributed by atoms with Gasteiger partial charge in [-0.15, -0.1) is 0 Å². The molecule has 5 N–H and O–H groups in total. The lowest BCUT2D eigenvalue weighted by atomic mass is 9.72. The van der Waals surface area contributed by atoms with Crippen LogP contribution < -0.4 is 10.6 Å². The van der Waals surface area contributed by atoms with Crippen molar-refractivity contribution in [1.29, 1.82) is 0 Å². The van der Waals surface area contributed by atoms with E-state index in [9.17, 15) is 51.3 Å². The fourth-order valence-corrected chi connectivity index (χ4v) is 12.2. The number of aliphatic carboxylic acids is 1. The van der Waals surface area contributed by atoms with Crippen molar-refractivity contribution >= 4 is 34.8 Å². The van der Waals surface area contributed by atoms with E-state index in [1.54, 1.807) is 26.0 Å². The Morgan fingerprint density at radius 3 is 2.04 bits per heavy atom. The van der Waals surface area contributed by atoms with Crippen LogP contribution in [-0.4, -0.2) is 97.6 Å². The van der Waals surface area contributed by atoms with Crippen LogP contribution >= 0.6 is 12.2 Å². The molecule has 5 aliphatic heterocycles. The largest absolute Gasteiger partial charge is 0.481 e. The summed E-state index contributed by atoms with van der Waals surface area (Å²) in [5.41, 5.74) is -5.65. The topological polar surface area (TPSA) is 165 Å². The first kappa shape index (κ1) is 56.4. The van der Waals surface area contributed by atoms with Gasteiger partial charge in [-0.05, 0) is 120 Å². The number of carbonyl (C=O) groups excluding carboxylic acids is 1. The molecule has 1 aromatic rings. The first-order chi connectivity index (χ1) is 32.5. The zero-order valence-electron chi connectivity index (χ0n) is 41.9. The summed E-state index contributed by atoms with van der Waals surface area (Å²) in [6, 6.07) is 0.127. The molecule has 0 aromatic heterocycles. The number of ether oxygens (including phenoxy) is 5. The van der Waals surface area contributed by atoms with Gasteiger partial charge < -0.3 is 49.6 Å². The van der Waals surface area contributed by atoms with E-state index in [1.807, 2.05) is 55.4 Å². The highest BCUT2D eigenvalue weighted by Crippen LogP contribution is 2.54. The second-order valence-electron chi connectivity index (χ2n) is 21.3. The number of aliphatic hydroxyl groups is 2. The molecule has 4 saturated heterocycles. The number of nitrogens with one attached hydrogen (secondary N) is 2. The third-order valence-electron chi connectivity index (χ3n) is 16.6. The normalized spacial score (nSPS) is 38.2. The standard InChI is InChI=1S/C51H74F6N2O10S/c1-11-35(44(62)63)37-15-14-26(4)42(66-37)30(8)40(60)29(7)41(61)36(12-2)43-27(5)22-28(6)48(67-43)19-16-38(59-45(70)58-34-24-32(50(52,53)54)23-33(25-34)51(55,56)57)49(69-48)21-20-46(10,68-49)39-17-18-47(64,13-3)31(9)65-39/h16,19,23-31,35-40,42-43,60,64H,11-15,17-18,20-22H2,1-10H3,(H,62,63)(H2,58,59,70)/t26-,27-,28+,29-,30-,31-,35+,36-,37+,38+,39+,40+,42+,43-,46-,47+,48-,49-/m0/s1. The summed E-state index contributed by atoms with van der Waals surface area (Å²) in [5, 5.41) is 38.3. The van der Waals surface area contributed by atoms with E-state index in [4.69, 9.17) is 35.9 Å². The molecular weight excluding hydrogens is 947 g/mol. The third-order valence-corrected chi connectivity index (χ3v) is 16.8. The van der Waals surface area contributed by atoms with Crippen molar-refractivity contribution in [3.8, 4) is 0 Å². The summed E-state index contributed by atoms with van der Waals surface area (Å²) in [6.45, 7) is 18.7. The number of carboxylic acids is 1. The number of anilines is 1. The van der Waals surface area contributed by atoms with E-state index in [2.05, 4.69) is 10.6 Å². The first-order valence-electron chi connectivity index (χ1n) is 25.1. The average Bonchev–Trinajstić information content (AvgIpc) is 3.63. The number of benzene rings is 1.